The van der Waals surface area contributed by atoms with E-state index in [4.69, 9.17) is 10.00 Å². The van der Waals surface area contributed by atoms with Crippen LogP contribution in [0.4, 0.5) is 0 Å². The zero-order valence-corrected chi connectivity index (χ0v) is 8.07. The van der Waals surface area contributed by atoms with Crippen LogP contribution in [0.2, 0.25) is 0 Å². The summed E-state index contributed by atoms with van der Waals surface area (Å²) in [5.41, 5.74) is 0. The fraction of sp³-hybridized carbons (Fsp3) is 0.900. The Balaban J connectivity index is 2.00. The highest BCUT2D eigenvalue weighted by Crippen LogP contribution is 2.31. The number of hydrogen-bond acceptors (Lipinski definition) is 3. The number of morpholine rings is 1. The topological polar surface area (TPSA) is 36.3 Å². The number of nitrogens with zero attached hydrogens (tertiary/aromatic N) is 2. The second kappa shape index (κ2) is 3.65. The fourth-order valence-corrected chi connectivity index (χ4v) is 2.50. The van der Waals surface area contributed by atoms with Gasteiger partial charge >= 0.3 is 0 Å². The molecule has 0 radical (unpaired) electrons. The van der Waals surface area contributed by atoms with E-state index in [0.29, 0.717) is 18.0 Å². The Labute approximate surface area is 79.3 Å². The minimum absolute atomic E-state index is 0.561. The van der Waals surface area contributed by atoms with Crippen LogP contribution < -0.4 is 0 Å². The van der Waals surface area contributed by atoms with Gasteiger partial charge in [0.15, 0.2) is 0 Å². The van der Waals surface area contributed by atoms with Crippen LogP contribution in [0.5, 0.6) is 0 Å². The fourth-order valence-electron chi connectivity index (χ4n) is 2.50. The lowest BCUT2D eigenvalue weighted by molar-refractivity contribution is -0.0740. The largest absolute Gasteiger partial charge is 0.378 e. The maximum atomic E-state index is 8.65. The monoisotopic (exact) mass is 180 g/mol. The van der Waals surface area contributed by atoms with Gasteiger partial charge in [0.2, 0.25) is 0 Å². The molecule has 2 unspecified atom stereocenters. The van der Waals surface area contributed by atoms with E-state index in [1.165, 1.54) is 0 Å². The van der Waals surface area contributed by atoms with Crippen LogP contribution in [0.3, 0.4) is 0 Å². The molecule has 2 aliphatic heterocycles. The number of nitriles is 1. The van der Waals surface area contributed by atoms with Crippen molar-refractivity contribution in [2.24, 2.45) is 5.92 Å². The first-order chi connectivity index (χ1) is 6.31. The van der Waals surface area contributed by atoms with Gasteiger partial charge < -0.3 is 4.74 Å². The van der Waals surface area contributed by atoms with Crippen LogP contribution in [0.25, 0.3) is 0 Å². The van der Waals surface area contributed by atoms with Crippen molar-refractivity contribution in [2.75, 3.05) is 20.3 Å². The minimum Gasteiger partial charge on any atom is -0.378 e. The Morgan fingerprint density at radius 2 is 2.00 bits per heavy atom. The molecular formula is C10H16N2O. The molecule has 2 rings (SSSR count). The zero-order valence-electron chi connectivity index (χ0n) is 8.07. The van der Waals surface area contributed by atoms with Crippen LogP contribution >= 0.6 is 0 Å². The van der Waals surface area contributed by atoms with E-state index in [2.05, 4.69) is 18.0 Å². The van der Waals surface area contributed by atoms with Crippen molar-refractivity contribution in [3.05, 3.63) is 0 Å². The lowest BCUT2D eigenvalue weighted by Gasteiger charge is -2.46. The van der Waals surface area contributed by atoms with E-state index in [9.17, 15) is 0 Å². The molecule has 72 valence electrons. The van der Waals surface area contributed by atoms with Gasteiger partial charge in [0, 0.05) is 18.5 Å². The van der Waals surface area contributed by atoms with Gasteiger partial charge in [-0.1, -0.05) is 0 Å². The molecule has 2 aliphatic rings. The van der Waals surface area contributed by atoms with Crippen molar-refractivity contribution >= 4 is 0 Å². The van der Waals surface area contributed by atoms with Crippen LogP contribution in [-0.4, -0.2) is 37.2 Å². The number of rotatable bonds is 1. The van der Waals surface area contributed by atoms with E-state index >= 15 is 0 Å². The van der Waals surface area contributed by atoms with E-state index in [1.54, 1.807) is 0 Å². The van der Waals surface area contributed by atoms with E-state index in [0.717, 1.165) is 32.5 Å². The third-order valence-corrected chi connectivity index (χ3v) is 3.36. The molecule has 0 spiro atoms. The van der Waals surface area contributed by atoms with Crippen molar-refractivity contribution in [2.45, 2.75) is 31.3 Å². The normalized spacial score (nSPS) is 39.8. The van der Waals surface area contributed by atoms with Crippen LogP contribution in [0.1, 0.15) is 19.3 Å². The molecule has 2 bridgehead atoms. The molecule has 3 nitrogen and oxygen atoms in total. The van der Waals surface area contributed by atoms with Gasteiger partial charge in [-0.05, 0) is 25.8 Å². The van der Waals surface area contributed by atoms with Gasteiger partial charge in [0.25, 0.3) is 0 Å². The molecular weight excluding hydrogens is 164 g/mol. The first kappa shape index (κ1) is 8.98. The highest BCUT2D eigenvalue weighted by atomic mass is 16.5. The van der Waals surface area contributed by atoms with E-state index < -0.39 is 0 Å². The molecule has 2 atom stereocenters. The van der Waals surface area contributed by atoms with E-state index in [1.807, 2.05) is 0 Å². The van der Waals surface area contributed by atoms with E-state index in [-0.39, 0.29) is 0 Å². The maximum absolute atomic E-state index is 8.65. The summed E-state index contributed by atoms with van der Waals surface area (Å²) in [6.45, 7) is 1.71. The van der Waals surface area contributed by atoms with Crippen LogP contribution in [-0.2, 0) is 4.74 Å². The quantitative estimate of drug-likeness (QED) is 0.604. The maximum Gasteiger partial charge on any atom is 0.0624 e. The predicted molar refractivity (Wildman–Crippen MR) is 49.1 cm³/mol. The minimum atomic E-state index is 0.561. The Morgan fingerprint density at radius 3 is 2.54 bits per heavy atom. The summed E-state index contributed by atoms with van der Waals surface area (Å²) in [5, 5.41) is 8.65. The molecule has 0 amide bonds. The van der Waals surface area contributed by atoms with Crippen LogP contribution in [0, 0.1) is 17.2 Å². The smallest absolute Gasteiger partial charge is 0.0624 e. The molecule has 2 heterocycles. The molecule has 2 fully saturated rings. The van der Waals surface area contributed by atoms with Gasteiger partial charge in [-0.15, -0.1) is 0 Å². The van der Waals surface area contributed by atoms with Gasteiger partial charge in [-0.2, -0.15) is 5.26 Å². The van der Waals surface area contributed by atoms with Crippen molar-refractivity contribution in [3.8, 4) is 6.07 Å². The lowest BCUT2D eigenvalue weighted by Crippen LogP contribution is -2.54. The molecule has 0 N–H and O–H groups in total. The Hall–Kier alpha value is -0.590. The summed E-state index contributed by atoms with van der Waals surface area (Å²) in [5.74, 6) is 0.611. The van der Waals surface area contributed by atoms with Gasteiger partial charge in [0.05, 0.1) is 19.3 Å². The van der Waals surface area contributed by atoms with Gasteiger partial charge in [0.1, 0.15) is 0 Å². The summed E-state index contributed by atoms with van der Waals surface area (Å²) < 4.78 is 5.51. The highest BCUT2D eigenvalue weighted by Gasteiger charge is 2.36. The summed E-state index contributed by atoms with van der Waals surface area (Å²) in [7, 11) is 2.18. The Morgan fingerprint density at radius 1 is 1.38 bits per heavy atom. The molecule has 0 aromatic carbocycles. The summed E-state index contributed by atoms with van der Waals surface area (Å²) in [4.78, 5) is 2.43. The third kappa shape index (κ3) is 1.70. The average Bonchev–Trinajstić information content (AvgIpc) is 2.07. The first-order valence-corrected chi connectivity index (χ1v) is 4.98. The lowest BCUT2D eigenvalue weighted by atomic mass is 9.84. The van der Waals surface area contributed by atoms with Crippen LogP contribution in [0.15, 0.2) is 0 Å². The van der Waals surface area contributed by atoms with Crippen molar-refractivity contribution in [3.63, 3.8) is 0 Å². The molecule has 0 aromatic rings. The van der Waals surface area contributed by atoms with Gasteiger partial charge in [-0.3, -0.25) is 4.90 Å². The Kier molecular flexibility index (Phi) is 2.52. The summed E-state index contributed by atoms with van der Waals surface area (Å²) in [6.07, 6.45) is 3.00. The second-order valence-corrected chi connectivity index (χ2v) is 4.21. The predicted octanol–water partition coefficient (Wildman–Crippen LogP) is 1.01. The summed E-state index contributed by atoms with van der Waals surface area (Å²) >= 11 is 0. The van der Waals surface area contributed by atoms with Crippen molar-refractivity contribution in [1.29, 1.82) is 5.26 Å². The average molecular weight is 180 g/mol. The summed E-state index contributed by atoms with van der Waals surface area (Å²) in [6, 6.07) is 3.40. The highest BCUT2D eigenvalue weighted by molar-refractivity contribution is 4.92. The Bertz CT molecular complexity index is 209. The number of likely N-dealkylation sites (N-methyl/N-ethyl adjacent to an activating group) is 1. The molecule has 0 aromatic heterocycles. The molecule has 0 saturated carbocycles. The number of fused-ring (bicyclic) bond motifs is 2. The number of ether oxygens (including phenoxy) is 1. The standard InChI is InChI=1S/C10H16N2O/c1-12-9-4-8(2-3-11)5-10(12)7-13-6-9/h8-10H,2,4-7H2,1H3. The molecule has 3 heteroatoms. The molecule has 13 heavy (non-hydrogen) atoms. The SMILES string of the molecule is CN1C2COCC1CC(CC#N)C2. The molecule has 0 aliphatic carbocycles. The number of hydrogen-bond donors (Lipinski definition) is 0. The molecule has 2 saturated heterocycles. The zero-order chi connectivity index (χ0) is 9.26. The number of piperidine rings is 1. The first-order valence-electron chi connectivity index (χ1n) is 4.98. The van der Waals surface area contributed by atoms with Gasteiger partial charge in [-0.25, -0.2) is 0 Å². The third-order valence-electron chi connectivity index (χ3n) is 3.36. The van der Waals surface area contributed by atoms with Crippen molar-refractivity contribution in [1.82, 2.24) is 4.90 Å². The second-order valence-electron chi connectivity index (χ2n) is 4.21. The van der Waals surface area contributed by atoms with Crippen molar-refractivity contribution < 1.29 is 4.74 Å².